The molecule has 0 fully saturated rings. The van der Waals surface area contributed by atoms with Crippen LogP contribution in [0.15, 0.2) is 23.7 Å². The Morgan fingerprint density at radius 1 is 1.35 bits per heavy atom. The molecule has 3 atom stereocenters. The number of ether oxygens (including phenoxy) is 3. The van der Waals surface area contributed by atoms with Crippen LogP contribution >= 0.6 is 0 Å². The second kappa shape index (κ2) is 4.65. The third-order valence-corrected chi connectivity index (χ3v) is 4.24. The highest BCUT2D eigenvalue weighted by Crippen LogP contribution is 2.41. The lowest BCUT2D eigenvalue weighted by Crippen LogP contribution is -2.44. The van der Waals surface area contributed by atoms with Crippen molar-refractivity contribution in [1.29, 1.82) is 0 Å². The average Bonchev–Trinajstić information content (AvgIpc) is 2.82. The van der Waals surface area contributed by atoms with E-state index in [9.17, 15) is 9.59 Å². The number of esters is 1. The van der Waals surface area contributed by atoms with Gasteiger partial charge in [-0.3, -0.25) is 4.79 Å². The summed E-state index contributed by atoms with van der Waals surface area (Å²) >= 11 is 0. The van der Waals surface area contributed by atoms with Gasteiger partial charge in [-0.15, -0.1) is 0 Å². The van der Waals surface area contributed by atoms with Gasteiger partial charge < -0.3 is 14.2 Å². The Hall–Kier alpha value is -1.78. The minimum atomic E-state index is -0.902. The molecule has 0 aliphatic carbocycles. The topological polar surface area (TPSA) is 61.8 Å². The van der Waals surface area contributed by atoms with Crippen molar-refractivity contribution < 1.29 is 23.8 Å². The molecule has 2 aliphatic heterocycles. The van der Waals surface area contributed by atoms with E-state index >= 15 is 0 Å². The number of hydrogen-bond acceptors (Lipinski definition) is 5. The maximum atomic E-state index is 12.2. The molecule has 5 nitrogen and oxygen atoms in total. The first-order valence-corrected chi connectivity index (χ1v) is 6.61. The number of Topliss-reactive ketones (excluding diaryl/α,β-unsaturated/α-hetero) is 1. The van der Waals surface area contributed by atoms with Crippen LogP contribution in [-0.2, 0) is 23.8 Å². The van der Waals surface area contributed by atoms with Gasteiger partial charge in [0, 0.05) is 17.9 Å². The molecule has 0 bridgehead atoms. The van der Waals surface area contributed by atoms with Crippen molar-refractivity contribution in [2.75, 3.05) is 7.11 Å². The Bertz CT molecular complexity index is 518. The number of cyclic esters (lactones) is 1. The van der Waals surface area contributed by atoms with Gasteiger partial charge in [0.1, 0.15) is 5.76 Å². The van der Waals surface area contributed by atoms with Crippen molar-refractivity contribution in [1.82, 2.24) is 0 Å². The van der Waals surface area contributed by atoms with Crippen LogP contribution in [-0.4, -0.2) is 30.1 Å². The highest BCUT2D eigenvalue weighted by atomic mass is 16.6. The van der Waals surface area contributed by atoms with Crippen LogP contribution in [0.25, 0.3) is 0 Å². The van der Waals surface area contributed by atoms with Gasteiger partial charge in [0.15, 0.2) is 11.2 Å². The van der Waals surface area contributed by atoms with Gasteiger partial charge in [0.05, 0.1) is 19.4 Å². The molecule has 5 heteroatoms. The van der Waals surface area contributed by atoms with Gasteiger partial charge in [0.25, 0.3) is 0 Å². The number of methoxy groups -OCH3 is 1. The van der Waals surface area contributed by atoms with Crippen molar-refractivity contribution >= 4 is 11.8 Å². The van der Waals surface area contributed by atoms with E-state index in [-0.39, 0.29) is 11.7 Å². The largest absolute Gasteiger partial charge is 0.497 e. The van der Waals surface area contributed by atoms with E-state index in [1.807, 2.05) is 6.92 Å². The van der Waals surface area contributed by atoms with Crippen molar-refractivity contribution in [2.45, 2.75) is 45.3 Å². The van der Waals surface area contributed by atoms with Crippen molar-refractivity contribution in [3.63, 3.8) is 0 Å². The average molecular weight is 280 g/mol. The Morgan fingerprint density at radius 3 is 2.50 bits per heavy atom. The van der Waals surface area contributed by atoms with E-state index in [1.165, 1.54) is 19.4 Å². The van der Waals surface area contributed by atoms with E-state index in [4.69, 9.17) is 14.2 Å². The minimum Gasteiger partial charge on any atom is -0.497 e. The second-order valence-corrected chi connectivity index (χ2v) is 5.82. The van der Waals surface area contributed by atoms with Gasteiger partial charge in [0.2, 0.25) is 5.78 Å². The molecule has 2 aliphatic rings. The van der Waals surface area contributed by atoms with Gasteiger partial charge in [-0.1, -0.05) is 6.92 Å². The Labute approximate surface area is 118 Å². The lowest BCUT2D eigenvalue weighted by molar-refractivity contribution is -0.153. The SMILES string of the molecule is COC1=CC(=O)O[C@]1(C)[C@@H](C)C[C@]1(C)OC=C(C)C1=O. The molecular weight excluding hydrogens is 260 g/mol. The summed E-state index contributed by atoms with van der Waals surface area (Å²) < 4.78 is 16.2. The van der Waals surface area contributed by atoms with E-state index in [0.29, 0.717) is 17.8 Å². The molecule has 0 amide bonds. The molecule has 2 rings (SSSR count). The number of carbonyl (C=O) groups is 2. The number of hydrogen-bond donors (Lipinski definition) is 0. The summed E-state index contributed by atoms with van der Waals surface area (Å²) in [5, 5.41) is 0. The third-order valence-electron chi connectivity index (χ3n) is 4.24. The Morgan fingerprint density at radius 2 is 2.00 bits per heavy atom. The zero-order valence-corrected chi connectivity index (χ0v) is 12.5. The van der Waals surface area contributed by atoms with Crippen LogP contribution < -0.4 is 0 Å². The third kappa shape index (κ3) is 2.11. The Balaban J connectivity index is 2.17. The summed E-state index contributed by atoms with van der Waals surface area (Å²) in [6, 6.07) is 0. The van der Waals surface area contributed by atoms with Gasteiger partial charge in [-0.2, -0.15) is 0 Å². The molecule has 0 saturated carbocycles. The molecule has 0 aromatic carbocycles. The van der Waals surface area contributed by atoms with Crippen molar-refractivity contribution in [2.24, 2.45) is 5.92 Å². The lowest BCUT2D eigenvalue weighted by atomic mass is 9.79. The quantitative estimate of drug-likeness (QED) is 0.738. The van der Waals surface area contributed by atoms with Crippen LogP contribution in [0.5, 0.6) is 0 Å². The molecule has 0 N–H and O–H groups in total. The second-order valence-electron chi connectivity index (χ2n) is 5.82. The van der Waals surface area contributed by atoms with Gasteiger partial charge in [-0.25, -0.2) is 4.79 Å². The maximum Gasteiger partial charge on any atom is 0.335 e. The highest BCUT2D eigenvalue weighted by Gasteiger charge is 2.50. The zero-order chi connectivity index (χ0) is 15.1. The first-order chi connectivity index (χ1) is 9.23. The fraction of sp³-hybridized carbons (Fsp3) is 0.600. The molecule has 0 spiro atoms. The molecule has 0 unspecified atom stereocenters. The van der Waals surface area contributed by atoms with Crippen molar-refractivity contribution in [3.8, 4) is 0 Å². The fourth-order valence-electron chi connectivity index (χ4n) is 2.81. The zero-order valence-electron chi connectivity index (χ0n) is 12.5. The molecule has 0 aromatic rings. The lowest BCUT2D eigenvalue weighted by Gasteiger charge is -2.35. The predicted octanol–water partition coefficient (Wildman–Crippen LogP) is 2.12. The molecule has 20 heavy (non-hydrogen) atoms. The van der Waals surface area contributed by atoms with Crippen LogP contribution in [0, 0.1) is 5.92 Å². The molecular formula is C15H20O5. The summed E-state index contributed by atoms with van der Waals surface area (Å²) in [6.07, 6.45) is 3.27. The van der Waals surface area contributed by atoms with Crippen LogP contribution in [0.4, 0.5) is 0 Å². The maximum absolute atomic E-state index is 12.2. The summed E-state index contributed by atoms with van der Waals surface area (Å²) in [5.74, 6) is -0.100. The summed E-state index contributed by atoms with van der Waals surface area (Å²) in [4.78, 5) is 23.6. The summed E-state index contributed by atoms with van der Waals surface area (Å²) in [5.41, 5.74) is -1.16. The first kappa shape index (κ1) is 14.6. The van der Waals surface area contributed by atoms with E-state index in [1.54, 1.807) is 20.8 Å². The van der Waals surface area contributed by atoms with Crippen LogP contribution in [0.1, 0.15) is 34.1 Å². The Kier molecular flexibility index (Phi) is 3.40. The molecule has 0 saturated heterocycles. The van der Waals surface area contributed by atoms with Crippen LogP contribution in [0.3, 0.4) is 0 Å². The molecule has 2 heterocycles. The highest BCUT2D eigenvalue weighted by molar-refractivity contribution is 6.02. The molecule has 110 valence electrons. The molecule has 0 radical (unpaired) electrons. The van der Waals surface area contributed by atoms with Crippen LogP contribution in [0.2, 0.25) is 0 Å². The fourth-order valence-corrected chi connectivity index (χ4v) is 2.81. The number of rotatable bonds is 4. The summed E-state index contributed by atoms with van der Waals surface area (Å²) in [7, 11) is 1.50. The summed E-state index contributed by atoms with van der Waals surface area (Å²) in [6.45, 7) is 7.20. The normalized spacial score (nSPS) is 34.2. The monoisotopic (exact) mass is 280 g/mol. The number of carbonyl (C=O) groups excluding carboxylic acids is 2. The smallest absolute Gasteiger partial charge is 0.335 e. The standard InChI is InChI=1S/C15H20O5/c1-9-8-19-14(3,13(9)17)7-10(2)15(4)11(18-5)6-12(16)20-15/h6,8,10H,7H2,1-5H3/t10-,14-,15+/m0/s1. The van der Waals surface area contributed by atoms with E-state index in [2.05, 4.69) is 0 Å². The number of ketones is 1. The van der Waals surface area contributed by atoms with E-state index < -0.39 is 17.2 Å². The van der Waals surface area contributed by atoms with E-state index in [0.717, 1.165) is 0 Å². The minimum absolute atomic E-state index is 0.0276. The van der Waals surface area contributed by atoms with Crippen molar-refractivity contribution in [3.05, 3.63) is 23.7 Å². The first-order valence-electron chi connectivity index (χ1n) is 6.61. The van der Waals surface area contributed by atoms with Gasteiger partial charge >= 0.3 is 5.97 Å². The molecule has 0 aromatic heterocycles. The van der Waals surface area contributed by atoms with Gasteiger partial charge in [-0.05, 0) is 20.8 Å². The predicted molar refractivity (Wildman–Crippen MR) is 71.6 cm³/mol.